The first-order valence-electron chi connectivity index (χ1n) is 15.3. The van der Waals surface area contributed by atoms with Crippen LogP contribution in [0.3, 0.4) is 0 Å². The maximum atomic E-state index is 10.3. The Hall–Kier alpha value is -1.43. The van der Waals surface area contributed by atoms with E-state index in [0.29, 0.717) is 11.5 Å². The summed E-state index contributed by atoms with van der Waals surface area (Å²) in [5, 5.41) is 22.0. The van der Waals surface area contributed by atoms with E-state index in [1.54, 1.807) is 0 Å². The third-order valence-electron chi connectivity index (χ3n) is 7.01. The average molecular weight is 555 g/mol. The summed E-state index contributed by atoms with van der Waals surface area (Å²) in [6.07, 6.45) is 8.76. The molecule has 3 heteroatoms. The zero-order valence-electron chi connectivity index (χ0n) is 28.3. The van der Waals surface area contributed by atoms with Gasteiger partial charge in [-0.2, -0.15) is 0 Å². The van der Waals surface area contributed by atoms with Gasteiger partial charge in [0.2, 0.25) is 16.3 Å². The summed E-state index contributed by atoms with van der Waals surface area (Å²) >= 11 is 1.41. The van der Waals surface area contributed by atoms with E-state index in [0.717, 1.165) is 22.3 Å². The lowest BCUT2D eigenvalue weighted by molar-refractivity contribution is 0.422. The Labute approximate surface area is 251 Å². The van der Waals surface area contributed by atoms with Crippen molar-refractivity contribution in [2.75, 3.05) is 0 Å². The van der Waals surface area contributed by atoms with Gasteiger partial charge >= 0.3 is 0 Å². The van der Waals surface area contributed by atoms with Crippen LogP contribution in [-0.4, -0.2) is 26.5 Å². The highest BCUT2D eigenvalue weighted by atomic mass is 27.0. The molecule has 2 nitrogen and oxygen atoms in total. The maximum absolute atomic E-state index is 10.3. The van der Waals surface area contributed by atoms with E-state index in [4.69, 9.17) is 0 Å². The molecule has 2 N–H and O–H groups in total. The van der Waals surface area contributed by atoms with Crippen molar-refractivity contribution in [2.45, 2.75) is 155 Å². The van der Waals surface area contributed by atoms with Crippen molar-refractivity contribution < 1.29 is 10.2 Å². The van der Waals surface area contributed by atoms with E-state index in [9.17, 15) is 10.2 Å². The molecule has 222 valence electrons. The number of aromatic hydroxyl groups is 2. The van der Waals surface area contributed by atoms with Crippen LogP contribution >= 0.6 is 0 Å². The third-order valence-corrected chi connectivity index (χ3v) is 7.72. The first-order valence-corrected chi connectivity index (χ1v) is 16.8. The second kappa shape index (κ2) is 16.1. The molecule has 0 saturated carbocycles. The van der Waals surface area contributed by atoms with E-state index in [1.165, 1.54) is 60.1 Å². The highest BCUT2D eigenvalue weighted by Gasteiger charge is 2.25. The number of hydrogen-bond acceptors (Lipinski definition) is 2. The Morgan fingerprint density at radius 3 is 0.974 bits per heavy atom. The molecule has 0 heterocycles. The molecule has 0 aliphatic carbocycles. The van der Waals surface area contributed by atoms with E-state index >= 15 is 0 Å². The summed E-state index contributed by atoms with van der Waals surface area (Å²) in [5.41, 5.74) is 4.06. The highest BCUT2D eigenvalue weighted by Crippen LogP contribution is 2.39. The van der Waals surface area contributed by atoms with E-state index in [2.05, 4.69) is 90.0 Å². The van der Waals surface area contributed by atoms with Crippen molar-refractivity contribution in [3.8, 4) is 11.5 Å². The molecular weight excluding hydrogens is 491 g/mol. The summed E-state index contributed by atoms with van der Waals surface area (Å²) in [6.45, 7) is 27.7. The minimum Gasteiger partial charge on any atom is -0.507 e. The predicted molar refractivity (Wildman–Crippen MR) is 178 cm³/mol. The fourth-order valence-corrected chi connectivity index (χ4v) is 5.04. The monoisotopic (exact) mass is 554 g/mol. The van der Waals surface area contributed by atoms with Gasteiger partial charge < -0.3 is 10.2 Å². The van der Waals surface area contributed by atoms with Gasteiger partial charge in [-0.3, -0.25) is 0 Å². The molecule has 2 aromatic rings. The number of benzene rings is 2. The summed E-state index contributed by atoms with van der Waals surface area (Å²) < 4.78 is 0. The summed E-state index contributed by atoms with van der Waals surface area (Å²) in [5.74, 6) is 0.912. The molecular formula is C36H63AlO2. The Kier molecular flexibility index (Phi) is 15.5. The van der Waals surface area contributed by atoms with Crippen LogP contribution in [0.2, 0.25) is 5.28 Å². The quantitative estimate of drug-likeness (QED) is 0.275. The van der Waals surface area contributed by atoms with Crippen molar-refractivity contribution in [3.63, 3.8) is 0 Å². The lowest BCUT2D eigenvalue weighted by Crippen LogP contribution is -2.16. The minimum absolute atomic E-state index is 0.00859. The van der Waals surface area contributed by atoms with Crippen LogP contribution in [0.25, 0.3) is 0 Å². The number of hydrogen-bond donors (Lipinski definition) is 2. The molecule has 0 unspecified atom stereocenters. The number of phenolic OH excluding ortho intramolecular Hbond substituents is 2. The smallest absolute Gasteiger partial charge is 0.211 e. The van der Waals surface area contributed by atoms with E-state index in [-0.39, 0.29) is 21.7 Å². The lowest BCUT2D eigenvalue weighted by Gasteiger charge is -2.26. The number of phenols is 2. The van der Waals surface area contributed by atoms with Crippen molar-refractivity contribution in [3.05, 3.63) is 58.7 Å². The Balaban J connectivity index is 0.000000576. The minimum atomic E-state index is -0.00859. The third kappa shape index (κ3) is 13.7. The number of rotatable bonds is 6. The SMILES string of the molecule is CC(C)(C)c1cccc(C(C)(C)C)c1O.CC(C)(C)c1cccc(C(C)(C)C)c1O.CCCCCCC[CH2][AlH2]. The van der Waals surface area contributed by atoms with Crippen molar-refractivity contribution in [1.29, 1.82) is 0 Å². The topological polar surface area (TPSA) is 40.5 Å². The van der Waals surface area contributed by atoms with Gasteiger partial charge in [0.05, 0.1) is 0 Å². The highest BCUT2D eigenvalue weighted by molar-refractivity contribution is 6.08. The van der Waals surface area contributed by atoms with Crippen LogP contribution in [0.15, 0.2) is 36.4 Å². The van der Waals surface area contributed by atoms with Crippen LogP contribution in [0.5, 0.6) is 11.5 Å². The molecule has 0 spiro atoms. The first-order chi connectivity index (χ1) is 17.7. The van der Waals surface area contributed by atoms with Crippen LogP contribution in [0.4, 0.5) is 0 Å². The predicted octanol–water partition coefficient (Wildman–Crippen LogP) is 10.4. The molecule has 0 aliphatic rings. The van der Waals surface area contributed by atoms with Gasteiger partial charge in [0, 0.05) is 0 Å². The van der Waals surface area contributed by atoms with Gasteiger partial charge in [-0.05, 0) is 43.9 Å². The molecule has 39 heavy (non-hydrogen) atoms. The molecule has 0 aromatic heterocycles. The molecule has 0 radical (unpaired) electrons. The molecule has 0 bridgehead atoms. The Bertz CT molecular complexity index is 820. The maximum Gasteiger partial charge on any atom is 0.211 e. The Morgan fingerprint density at radius 1 is 0.487 bits per heavy atom. The number of para-hydroxylation sites is 2. The van der Waals surface area contributed by atoms with Gasteiger partial charge in [0.25, 0.3) is 0 Å². The van der Waals surface area contributed by atoms with E-state index < -0.39 is 0 Å². The van der Waals surface area contributed by atoms with Gasteiger partial charge in [0.15, 0.2) is 0 Å². The van der Waals surface area contributed by atoms with Crippen LogP contribution < -0.4 is 0 Å². The van der Waals surface area contributed by atoms with Gasteiger partial charge in [-0.25, -0.2) is 0 Å². The Morgan fingerprint density at radius 2 is 0.744 bits per heavy atom. The number of unbranched alkanes of at least 4 members (excludes halogenated alkanes) is 5. The average Bonchev–Trinajstić information content (AvgIpc) is 2.77. The van der Waals surface area contributed by atoms with Crippen molar-refractivity contribution in [2.24, 2.45) is 0 Å². The van der Waals surface area contributed by atoms with Crippen LogP contribution in [0.1, 0.15) is 151 Å². The van der Waals surface area contributed by atoms with Crippen molar-refractivity contribution in [1.82, 2.24) is 0 Å². The normalized spacial score (nSPS) is 12.2. The summed E-state index contributed by atoms with van der Waals surface area (Å²) in [7, 11) is 0. The van der Waals surface area contributed by atoms with Crippen LogP contribution in [-0.2, 0) is 21.7 Å². The summed E-state index contributed by atoms with van der Waals surface area (Å²) in [6, 6.07) is 12.1. The fourth-order valence-electron chi connectivity index (χ4n) is 4.54. The first kappa shape index (κ1) is 37.6. The van der Waals surface area contributed by atoms with Gasteiger partial charge in [0.1, 0.15) is 11.5 Å². The van der Waals surface area contributed by atoms with E-state index in [1.807, 2.05) is 36.4 Å². The molecule has 2 aromatic carbocycles. The fraction of sp³-hybridized carbons (Fsp3) is 0.667. The van der Waals surface area contributed by atoms with Gasteiger partial charge in [-0.15, -0.1) is 5.28 Å². The van der Waals surface area contributed by atoms with Crippen molar-refractivity contribution >= 4 is 16.3 Å². The zero-order valence-corrected chi connectivity index (χ0v) is 30.3. The molecule has 0 saturated heterocycles. The molecule has 0 aliphatic heterocycles. The van der Waals surface area contributed by atoms with Crippen LogP contribution in [0, 0.1) is 0 Å². The molecule has 0 amide bonds. The zero-order chi connectivity index (χ0) is 30.7. The molecule has 0 fully saturated rings. The van der Waals surface area contributed by atoms with Gasteiger partial charge in [-0.1, -0.05) is 165 Å². The summed E-state index contributed by atoms with van der Waals surface area (Å²) in [4.78, 5) is 0. The molecule has 2 rings (SSSR count). The second-order valence-corrected chi connectivity index (χ2v) is 16.2. The lowest BCUT2D eigenvalue weighted by atomic mass is 9.79. The molecule has 0 atom stereocenters. The second-order valence-electron chi connectivity index (χ2n) is 15.2. The standard InChI is InChI=1S/2C14H22O.C8H17.Al.2H/c2*1-13(2,3)10-8-7-9-11(12(10)15)14(4,5)6;1-3-5-7-8-6-4-2;;;/h2*7-9,15H,1-6H3;1,3-8H2,2H3;;;. The largest absolute Gasteiger partial charge is 0.507 e.